The third-order valence-corrected chi connectivity index (χ3v) is 4.32. The van der Waals surface area contributed by atoms with Crippen molar-refractivity contribution < 1.29 is 18.8 Å². The van der Waals surface area contributed by atoms with E-state index in [1.807, 2.05) is 12.1 Å². The number of nitrogens with zero attached hydrogens (tertiary/aromatic N) is 2. The second-order valence-corrected chi connectivity index (χ2v) is 6.66. The number of rotatable bonds is 6. The molecule has 3 rings (SSSR count). The maximum absolute atomic E-state index is 12.0. The van der Waals surface area contributed by atoms with Gasteiger partial charge in [-0.1, -0.05) is 40.0 Å². The molecule has 0 bridgehead atoms. The second kappa shape index (κ2) is 8.61. The molecule has 0 aliphatic rings. The van der Waals surface area contributed by atoms with E-state index in [0.29, 0.717) is 16.7 Å². The first-order valence-electron chi connectivity index (χ1n) is 7.78. The molecule has 0 N–H and O–H groups in total. The Morgan fingerprint density at radius 3 is 2.41 bits per heavy atom. The number of aromatic nitrogens is 2. The first-order chi connectivity index (χ1) is 13.0. The van der Waals surface area contributed by atoms with E-state index in [1.165, 1.54) is 12.1 Å². The number of hydrogen-bond acceptors (Lipinski definition) is 6. The monoisotopic (exact) mass is 426 g/mol. The largest absolute Gasteiger partial charge is 0.497 e. The molecular weight excluding hydrogens is 415 g/mol. The minimum atomic E-state index is -0.537. The van der Waals surface area contributed by atoms with Crippen LogP contribution in [0.1, 0.15) is 12.3 Å². The highest BCUT2D eigenvalue weighted by Crippen LogP contribution is 2.36. The molecule has 0 saturated heterocycles. The van der Waals surface area contributed by atoms with Crippen molar-refractivity contribution in [3.63, 3.8) is 0 Å². The normalized spacial score (nSPS) is 10.7. The fourth-order valence-corrected chi connectivity index (χ4v) is 3.11. The lowest BCUT2D eigenvalue weighted by Crippen LogP contribution is -2.10. The summed E-state index contributed by atoms with van der Waals surface area (Å²) >= 11 is 17.8. The van der Waals surface area contributed by atoms with Crippen LogP contribution in [0.4, 0.5) is 0 Å². The maximum atomic E-state index is 12.0. The van der Waals surface area contributed by atoms with Crippen LogP contribution < -0.4 is 9.47 Å². The number of methoxy groups -OCH3 is 1. The van der Waals surface area contributed by atoms with Crippen molar-refractivity contribution in [1.82, 2.24) is 10.1 Å². The molecule has 2 aromatic carbocycles. The molecule has 0 aliphatic carbocycles. The molecule has 27 heavy (non-hydrogen) atoms. The topological polar surface area (TPSA) is 74.5 Å². The molecule has 0 spiro atoms. The van der Waals surface area contributed by atoms with Crippen LogP contribution >= 0.6 is 34.8 Å². The maximum Gasteiger partial charge on any atom is 0.311 e. The molecule has 1 aromatic heterocycles. The molecule has 0 radical (unpaired) electrons. The number of carbonyl (C=O) groups excluding carboxylic acids is 1. The Kier molecular flexibility index (Phi) is 6.21. The molecule has 0 amide bonds. The number of aryl methyl sites for hydroxylation is 1. The molecule has 0 fully saturated rings. The minimum absolute atomic E-state index is 0.0134. The summed E-state index contributed by atoms with van der Waals surface area (Å²) in [6, 6.07) is 10.1. The van der Waals surface area contributed by atoms with Gasteiger partial charge < -0.3 is 14.0 Å². The van der Waals surface area contributed by atoms with Crippen molar-refractivity contribution in [2.75, 3.05) is 7.11 Å². The van der Waals surface area contributed by atoms with E-state index in [0.717, 1.165) is 11.3 Å². The summed E-state index contributed by atoms with van der Waals surface area (Å²) in [5.41, 5.74) is 0.771. The number of benzene rings is 2. The van der Waals surface area contributed by atoms with Gasteiger partial charge in [0.1, 0.15) is 5.75 Å². The van der Waals surface area contributed by atoms with E-state index in [9.17, 15) is 4.79 Å². The van der Waals surface area contributed by atoms with Crippen LogP contribution in [0.2, 0.25) is 15.1 Å². The lowest BCUT2D eigenvalue weighted by Gasteiger charge is -2.08. The van der Waals surface area contributed by atoms with E-state index in [2.05, 4.69) is 10.1 Å². The van der Waals surface area contributed by atoms with Gasteiger partial charge in [0.15, 0.2) is 5.75 Å². The summed E-state index contributed by atoms with van der Waals surface area (Å²) in [4.78, 5) is 16.3. The molecule has 9 heteroatoms. The molecule has 140 valence electrons. The average molecular weight is 428 g/mol. The van der Waals surface area contributed by atoms with E-state index in [-0.39, 0.29) is 28.6 Å². The van der Waals surface area contributed by atoms with Crippen LogP contribution in [0.25, 0.3) is 11.4 Å². The van der Waals surface area contributed by atoms with Gasteiger partial charge >= 0.3 is 5.97 Å². The van der Waals surface area contributed by atoms with Gasteiger partial charge in [-0.15, -0.1) is 0 Å². The Bertz CT molecular complexity index is 934. The van der Waals surface area contributed by atoms with Crippen LogP contribution in [0.15, 0.2) is 40.9 Å². The van der Waals surface area contributed by atoms with Gasteiger partial charge in [-0.3, -0.25) is 4.79 Å². The molecule has 0 aliphatic heterocycles. The van der Waals surface area contributed by atoms with Gasteiger partial charge in [-0.2, -0.15) is 4.98 Å². The van der Waals surface area contributed by atoms with Crippen molar-refractivity contribution in [2.24, 2.45) is 0 Å². The van der Waals surface area contributed by atoms with Gasteiger partial charge in [0.25, 0.3) is 0 Å². The van der Waals surface area contributed by atoms with E-state index in [1.54, 1.807) is 19.2 Å². The highest BCUT2D eigenvalue weighted by molar-refractivity contribution is 6.40. The van der Waals surface area contributed by atoms with Crippen LogP contribution in [0.5, 0.6) is 11.5 Å². The summed E-state index contributed by atoms with van der Waals surface area (Å²) in [5, 5.41) is 4.56. The number of halogens is 3. The molecule has 3 aromatic rings. The Morgan fingerprint density at radius 2 is 1.78 bits per heavy atom. The predicted octanol–water partition coefficient (Wildman–Crippen LogP) is 5.24. The standard InChI is InChI=1S/C18H13Cl3N2O4/c1-25-12-4-2-10(3-5-12)18-22-15(27-23-18)6-7-16(24)26-17-13(20)8-11(19)9-14(17)21/h2-5,8-9H,6-7H2,1H3. The van der Waals surface area contributed by atoms with Crippen molar-refractivity contribution >= 4 is 40.8 Å². The van der Waals surface area contributed by atoms with Crippen LogP contribution in [0, 0.1) is 0 Å². The van der Waals surface area contributed by atoms with Gasteiger partial charge in [0.2, 0.25) is 11.7 Å². The fourth-order valence-electron chi connectivity index (χ4n) is 2.21. The van der Waals surface area contributed by atoms with Crippen molar-refractivity contribution in [3.8, 4) is 22.9 Å². The SMILES string of the molecule is COc1ccc(-c2noc(CCC(=O)Oc3c(Cl)cc(Cl)cc3Cl)n2)cc1. The molecular formula is C18H13Cl3N2O4. The number of ether oxygens (including phenoxy) is 2. The molecule has 0 atom stereocenters. The van der Waals surface area contributed by atoms with Gasteiger partial charge in [-0.05, 0) is 36.4 Å². The second-order valence-electron chi connectivity index (χ2n) is 5.41. The first-order valence-corrected chi connectivity index (χ1v) is 8.92. The van der Waals surface area contributed by atoms with Crippen molar-refractivity contribution in [3.05, 3.63) is 57.4 Å². The summed E-state index contributed by atoms with van der Waals surface area (Å²) in [7, 11) is 1.59. The summed E-state index contributed by atoms with van der Waals surface area (Å²) in [6.45, 7) is 0. The van der Waals surface area contributed by atoms with Crippen molar-refractivity contribution in [2.45, 2.75) is 12.8 Å². The quantitative estimate of drug-likeness (QED) is 0.395. The molecule has 6 nitrogen and oxygen atoms in total. The zero-order valence-corrected chi connectivity index (χ0v) is 16.3. The highest BCUT2D eigenvalue weighted by atomic mass is 35.5. The Hall–Kier alpha value is -2.28. The summed E-state index contributed by atoms with van der Waals surface area (Å²) < 4.78 is 15.5. The zero-order chi connectivity index (χ0) is 19.4. The number of esters is 1. The van der Waals surface area contributed by atoms with Crippen molar-refractivity contribution in [1.29, 1.82) is 0 Å². The molecule has 1 heterocycles. The smallest absolute Gasteiger partial charge is 0.311 e. The van der Waals surface area contributed by atoms with Gasteiger partial charge in [0.05, 0.1) is 23.6 Å². The first kappa shape index (κ1) is 19.5. The zero-order valence-electron chi connectivity index (χ0n) is 14.0. The fraction of sp³-hybridized carbons (Fsp3) is 0.167. The lowest BCUT2D eigenvalue weighted by molar-refractivity contribution is -0.134. The van der Waals surface area contributed by atoms with Crippen LogP contribution in [-0.4, -0.2) is 23.2 Å². The van der Waals surface area contributed by atoms with E-state index >= 15 is 0 Å². The molecule has 0 saturated carbocycles. The Balaban J connectivity index is 1.60. The van der Waals surface area contributed by atoms with Gasteiger partial charge in [0, 0.05) is 17.0 Å². The average Bonchev–Trinajstić information content (AvgIpc) is 3.12. The Labute approximate surface area is 169 Å². The third-order valence-electron chi connectivity index (χ3n) is 3.54. The Morgan fingerprint density at radius 1 is 1.11 bits per heavy atom. The predicted molar refractivity (Wildman–Crippen MR) is 102 cm³/mol. The summed E-state index contributed by atoms with van der Waals surface area (Å²) in [5.74, 6) is 0.989. The van der Waals surface area contributed by atoms with Gasteiger partial charge in [-0.25, -0.2) is 0 Å². The van der Waals surface area contributed by atoms with E-state index in [4.69, 9.17) is 48.8 Å². The third kappa shape index (κ3) is 4.91. The van der Waals surface area contributed by atoms with Crippen LogP contribution in [0.3, 0.4) is 0 Å². The summed E-state index contributed by atoms with van der Waals surface area (Å²) in [6.07, 6.45) is 0.227. The van der Waals surface area contributed by atoms with E-state index < -0.39 is 5.97 Å². The van der Waals surface area contributed by atoms with Crippen LogP contribution in [-0.2, 0) is 11.2 Å². The minimum Gasteiger partial charge on any atom is -0.497 e. The lowest BCUT2D eigenvalue weighted by atomic mass is 10.2. The highest BCUT2D eigenvalue weighted by Gasteiger charge is 2.16. The number of hydrogen-bond donors (Lipinski definition) is 0. The molecule has 0 unspecified atom stereocenters. The number of carbonyl (C=O) groups is 1.